The molecule has 3 aliphatic rings. The van der Waals surface area contributed by atoms with Crippen LogP contribution in [0.1, 0.15) is 46.7 Å². The molecule has 2 saturated heterocycles. The molecule has 3 fully saturated rings. The number of nitrogens with one attached hydrogen (secondary N) is 1. The van der Waals surface area contributed by atoms with Gasteiger partial charge in [-0.3, -0.25) is 0 Å². The lowest BCUT2D eigenvalue weighted by Crippen LogP contribution is -2.63. The summed E-state index contributed by atoms with van der Waals surface area (Å²) in [6.45, 7) is 4.06. The van der Waals surface area contributed by atoms with Crippen molar-refractivity contribution in [3.63, 3.8) is 0 Å². The Morgan fingerprint density at radius 1 is 1.28 bits per heavy atom. The van der Waals surface area contributed by atoms with Crippen LogP contribution in [0.5, 0.6) is 0 Å². The molecule has 186 valence electrons. The summed E-state index contributed by atoms with van der Waals surface area (Å²) in [4.78, 5) is 27.4. The molecule has 2 unspecified atom stereocenters. The highest BCUT2D eigenvalue weighted by molar-refractivity contribution is 6.29. The van der Waals surface area contributed by atoms with E-state index in [1.54, 1.807) is 17.0 Å². The third-order valence-electron chi connectivity index (χ3n) is 6.95. The van der Waals surface area contributed by atoms with Crippen LogP contribution in [0, 0.1) is 30.1 Å². The van der Waals surface area contributed by atoms with Crippen LogP contribution in [0.15, 0.2) is 24.3 Å². The van der Waals surface area contributed by atoms with E-state index in [1.807, 2.05) is 26.0 Å². The van der Waals surface area contributed by atoms with Crippen molar-refractivity contribution in [2.75, 3.05) is 30.4 Å². The second-order valence-electron chi connectivity index (χ2n) is 9.33. The van der Waals surface area contributed by atoms with Gasteiger partial charge in [0.1, 0.15) is 11.2 Å². The van der Waals surface area contributed by atoms with E-state index in [9.17, 15) is 18.8 Å². The predicted octanol–water partition coefficient (Wildman–Crippen LogP) is 4.91. The summed E-state index contributed by atoms with van der Waals surface area (Å²) in [5.41, 5.74) is 3.31. The number of halogens is 3. The van der Waals surface area contributed by atoms with Crippen LogP contribution >= 0.6 is 11.6 Å². The first-order valence-corrected chi connectivity index (χ1v) is 11.9. The van der Waals surface area contributed by atoms with E-state index in [2.05, 4.69) is 21.4 Å². The summed E-state index contributed by atoms with van der Waals surface area (Å²) < 4.78 is 33.1. The number of fused-ring (bicyclic) bond motifs is 3. The van der Waals surface area contributed by atoms with E-state index in [1.165, 1.54) is 7.11 Å². The standard InChI is InChI=1S/C25H23ClF2N6O2/c1-12-6-16(13(2)30-17-4-5-20(26)32-22(17)24(35)36-3)21-18(7-12)31-19(9-29)23(33-21)34-10-14-8-15(11-34)25(14,27)28/h4-7,13-15,30H,8,10-11H2,1-3H3/t13-,14?,15?/m1/s1. The predicted molar refractivity (Wildman–Crippen MR) is 130 cm³/mol. The van der Waals surface area contributed by atoms with Gasteiger partial charge in [0, 0.05) is 30.5 Å². The normalized spacial score (nSPS) is 20.9. The van der Waals surface area contributed by atoms with Crippen molar-refractivity contribution in [1.82, 2.24) is 15.0 Å². The third-order valence-corrected chi connectivity index (χ3v) is 7.16. The van der Waals surface area contributed by atoms with E-state index in [-0.39, 0.29) is 35.7 Å². The zero-order valence-electron chi connectivity index (χ0n) is 19.8. The largest absolute Gasteiger partial charge is 0.464 e. The summed E-state index contributed by atoms with van der Waals surface area (Å²) in [6, 6.07) is 8.68. The van der Waals surface area contributed by atoms with Crippen molar-refractivity contribution in [2.24, 2.45) is 11.8 Å². The lowest BCUT2D eigenvalue weighted by molar-refractivity contribution is -0.194. The quantitative estimate of drug-likeness (QED) is 0.380. The number of pyridine rings is 1. The lowest BCUT2D eigenvalue weighted by Gasteiger charge is -2.53. The Balaban J connectivity index is 1.55. The fourth-order valence-corrected chi connectivity index (χ4v) is 5.21. The Morgan fingerprint density at radius 2 is 2.00 bits per heavy atom. The molecule has 1 saturated carbocycles. The number of esters is 1. The summed E-state index contributed by atoms with van der Waals surface area (Å²) in [5.74, 6) is -4.48. The molecule has 1 aromatic carbocycles. The third kappa shape index (κ3) is 3.97. The minimum Gasteiger partial charge on any atom is -0.464 e. The van der Waals surface area contributed by atoms with Gasteiger partial charge in [-0.15, -0.1) is 0 Å². The van der Waals surface area contributed by atoms with Crippen LogP contribution in [-0.2, 0) is 4.74 Å². The molecule has 0 radical (unpaired) electrons. The molecule has 2 bridgehead atoms. The van der Waals surface area contributed by atoms with Crippen molar-refractivity contribution in [3.05, 3.63) is 51.9 Å². The van der Waals surface area contributed by atoms with Crippen molar-refractivity contribution < 1.29 is 18.3 Å². The first-order valence-electron chi connectivity index (χ1n) is 11.5. The number of anilines is 2. The maximum Gasteiger partial charge on any atom is 0.358 e. The van der Waals surface area contributed by atoms with Crippen LogP contribution in [0.2, 0.25) is 5.15 Å². The van der Waals surface area contributed by atoms with Crippen LogP contribution in [-0.4, -0.2) is 47.0 Å². The fraction of sp³-hybridized carbons (Fsp3) is 0.400. The average Bonchev–Trinajstić information content (AvgIpc) is 2.87. The van der Waals surface area contributed by atoms with Gasteiger partial charge in [-0.25, -0.2) is 28.5 Å². The number of piperidine rings is 2. The summed E-state index contributed by atoms with van der Waals surface area (Å²) >= 11 is 5.98. The Labute approximate surface area is 211 Å². The number of ether oxygens (including phenoxy) is 1. The number of aromatic nitrogens is 3. The number of carbonyl (C=O) groups is 1. The Bertz CT molecular complexity index is 1410. The number of hydrogen-bond donors (Lipinski definition) is 1. The first-order chi connectivity index (χ1) is 17.1. The van der Waals surface area contributed by atoms with Gasteiger partial charge in [-0.1, -0.05) is 17.7 Å². The molecule has 2 aromatic heterocycles. The highest BCUT2D eigenvalue weighted by Crippen LogP contribution is 2.53. The van der Waals surface area contributed by atoms with Gasteiger partial charge in [-0.2, -0.15) is 5.26 Å². The molecule has 1 aliphatic carbocycles. The molecule has 0 spiro atoms. The Hall–Kier alpha value is -3.58. The Kier molecular flexibility index (Phi) is 5.91. The minimum atomic E-state index is -2.67. The van der Waals surface area contributed by atoms with Gasteiger partial charge in [0.15, 0.2) is 17.2 Å². The topological polar surface area (TPSA) is 104 Å². The maximum atomic E-state index is 14.2. The Morgan fingerprint density at radius 3 is 2.64 bits per heavy atom. The molecular weight excluding hydrogens is 490 g/mol. The molecule has 36 heavy (non-hydrogen) atoms. The zero-order valence-corrected chi connectivity index (χ0v) is 20.6. The van der Waals surface area contributed by atoms with Crippen LogP contribution in [0.4, 0.5) is 20.3 Å². The van der Waals surface area contributed by atoms with Crippen LogP contribution < -0.4 is 10.2 Å². The molecule has 0 amide bonds. The fourth-order valence-electron chi connectivity index (χ4n) is 5.07. The molecule has 2 aliphatic heterocycles. The van der Waals surface area contributed by atoms with Gasteiger partial charge in [0.2, 0.25) is 0 Å². The van der Waals surface area contributed by atoms with Crippen molar-refractivity contribution >= 4 is 40.1 Å². The smallest absolute Gasteiger partial charge is 0.358 e. The monoisotopic (exact) mass is 512 g/mol. The lowest BCUT2D eigenvalue weighted by atomic mass is 9.67. The number of alkyl halides is 2. The van der Waals surface area contributed by atoms with E-state index >= 15 is 0 Å². The highest BCUT2D eigenvalue weighted by atomic mass is 35.5. The van der Waals surface area contributed by atoms with Gasteiger partial charge < -0.3 is 15.0 Å². The van der Waals surface area contributed by atoms with Gasteiger partial charge >= 0.3 is 5.97 Å². The number of nitriles is 1. The highest BCUT2D eigenvalue weighted by Gasteiger charge is 2.61. The molecule has 11 heteroatoms. The van der Waals surface area contributed by atoms with Crippen LogP contribution in [0.25, 0.3) is 11.0 Å². The van der Waals surface area contributed by atoms with E-state index in [0.29, 0.717) is 29.0 Å². The number of aryl methyl sites for hydroxylation is 1. The molecule has 4 heterocycles. The number of rotatable bonds is 5. The van der Waals surface area contributed by atoms with Gasteiger partial charge in [0.25, 0.3) is 5.92 Å². The number of methoxy groups -OCH3 is 1. The van der Waals surface area contributed by atoms with E-state index in [0.717, 1.165) is 11.1 Å². The zero-order chi connectivity index (χ0) is 25.8. The number of benzene rings is 1. The summed E-state index contributed by atoms with van der Waals surface area (Å²) in [6.07, 6.45) is 0.482. The minimum absolute atomic E-state index is 0.0424. The summed E-state index contributed by atoms with van der Waals surface area (Å²) in [5, 5.41) is 13.2. The second-order valence-corrected chi connectivity index (χ2v) is 9.71. The van der Waals surface area contributed by atoms with Crippen molar-refractivity contribution in [2.45, 2.75) is 32.2 Å². The summed E-state index contributed by atoms with van der Waals surface area (Å²) in [7, 11) is 1.26. The van der Waals surface area contributed by atoms with Crippen molar-refractivity contribution in [1.29, 1.82) is 5.26 Å². The molecular formula is C25H23ClF2N6O2. The first kappa shape index (κ1) is 24.1. The molecule has 8 nitrogen and oxygen atoms in total. The molecule has 1 N–H and O–H groups in total. The maximum absolute atomic E-state index is 14.2. The van der Waals surface area contributed by atoms with Gasteiger partial charge in [-0.05, 0) is 44.0 Å². The van der Waals surface area contributed by atoms with E-state index in [4.69, 9.17) is 21.3 Å². The van der Waals surface area contributed by atoms with E-state index < -0.39 is 23.7 Å². The molecule has 3 atom stereocenters. The number of hydrogen-bond acceptors (Lipinski definition) is 8. The molecule has 3 aromatic rings. The average molecular weight is 513 g/mol. The van der Waals surface area contributed by atoms with Crippen molar-refractivity contribution in [3.8, 4) is 6.07 Å². The second kappa shape index (κ2) is 8.82. The SMILES string of the molecule is COC(=O)c1nc(Cl)ccc1N[C@H](C)c1cc(C)cc2nc(C#N)c(N3CC4CC(C3)C4(F)F)nc12. The number of carbonyl (C=O) groups excluding carboxylic acids is 1. The van der Waals surface area contributed by atoms with Crippen LogP contribution in [0.3, 0.4) is 0 Å². The number of nitrogens with zero attached hydrogens (tertiary/aromatic N) is 5. The van der Waals surface area contributed by atoms with Gasteiger partial charge in [0.05, 0.1) is 29.9 Å². The molecule has 6 rings (SSSR count).